The summed E-state index contributed by atoms with van der Waals surface area (Å²) in [5, 5.41) is 52.5. The zero-order valence-corrected chi connectivity index (χ0v) is 38.6. The van der Waals surface area contributed by atoms with Crippen molar-refractivity contribution in [3.05, 3.63) is 70.6 Å². The predicted octanol–water partition coefficient (Wildman–Crippen LogP) is 6.85. The summed E-state index contributed by atoms with van der Waals surface area (Å²) >= 11 is 0. The van der Waals surface area contributed by atoms with Gasteiger partial charge in [0.25, 0.3) is 0 Å². The molecule has 9 nitrogen and oxygen atoms in total. The number of fused-ring (bicyclic) bond motifs is 3. The number of aliphatic hydroxyl groups is 4. The van der Waals surface area contributed by atoms with E-state index < -0.39 is 51.4 Å². The zero-order chi connectivity index (χ0) is 44.4. The Labute approximate surface area is 375 Å². The number of nitrogens with two attached hydrogens (primary N) is 1. The van der Waals surface area contributed by atoms with Gasteiger partial charge in [-0.3, -0.25) is 4.79 Å². The third-order valence-corrected chi connectivity index (χ3v) is 20.2. The van der Waals surface area contributed by atoms with Crippen LogP contribution < -0.4 is 11.1 Å². The second-order valence-corrected chi connectivity index (χ2v) is 23.2. The molecule has 6 aliphatic carbocycles. The molecule has 10 rings (SSSR count). The van der Waals surface area contributed by atoms with Crippen molar-refractivity contribution >= 4 is 5.78 Å². The molecule has 9 aliphatic rings. The Balaban J connectivity index is 1.06. The van der Waals surface area contributed by atoms with E-state index in [4.69, 9.17) is 15.2 Å². The first kappa shape index (κ1) is 43.9. The number of hydrogen-bond donors (Lipinski definition) is 6. The van der Waals surface area contributed by atoms with E-state index in [0.717, 1.165) is 62.5 Å². The van der Waals surface area contributed by atoms with Crippen LogP contribution in [0.15, 0.2) is 59.5 Å². The van der Waals surface area contributed by atoms with Crippen molar-refractivity contribution in [1.82, 2.24) is 5.32 Å². The summed E-state index contributed by atoms with van der Waals surface area (Å²) in [6, 6.07) is 8.77. The van der Waals surface area contributed by atoms with E-state index >= 15 is 0 Å². The molecule has 4 saturated carbocycles. The van der Waals surface area contributed by atoms with Gasteiger partial charge in [-0.15, -0.1) is 0 Å². The molecule has 16 atom stereocenters. The molecule has 3 aliphatic heterocycles. The Morgan fingerprint density at radius 2 is 1.83 bits per heavy atom. The van der Waals surface area contributed by atoms with Crippen molar-refractivity contribution in [2.75, 3.05) is 19.8 Å². The number of hydrogen-bond acceptors (Lipinski definition) is 9. The number of dihydropyridines is 1. The average molecular weight is 863 g/mol. The number of ether oxygens (including phenoxy) is 2. The quantitative estimate of drug-likeness (QED) is 0.122. The maximum atomic E-state index is 15.0. The van der Waals surface area contributed by atoms with Crippen LogP contribution in [0.4, 0.5) is 0 Å². The van der Waals surface area contributed by atoms with Gasteiger partial charge in [0, 0.05) is 42.2 Å². The summed E-state index contributed by atoms with van der Waals surface area (Å²) in [5.41, 5.74) is 4.96. The number of epoxide rings is 1. The van der Waals surface area contributed by atoms with E-state index in [1.807, 2.05) is 26.0 Å². The molecule has 7 N–H and O–H groups in total. The molecule has 1 aromatic carbocycles. The van der Waals surface area contributed by atoms with E-state index in [0.29, 0.717) is 69.8 Å². The number of aryl methyl sites for hydroxylation is 1. The van der Waals surface area contributed by atoms with Crippen LogP contribution in [0.5, 0.6) is 0 Å². The Morgan fingerprint density at radius 1 is 1.03 bits per heavy atom. The van der Waals surface area contributed by atoms with Gasteiger partial charge in [-0.2, -0.15) is 0 Å². The Kier molecular flexibility index (Phi) is 10.7. The second kappa shape index (κ2) is 15.3. The average Bonchev–Trinajstić information content (AvgIpc) is 3.91. The van der Waals surface area contributed by atoms with Gasteiger partial charge in [0.15, 0.2) is 5.78 Å². The lowest BCUT2D eigenvalue weighted by Gasteiger charge is -2.68. The summed E-state index contributed by atoms with van der Waals surface area (Å²) in [6.07, 6.45) is 15.9. The third-order valence-electron chi connectivity index (χ3n) is 20.2. The van der Waals surface area contributed by atoms with Gasteiger partial charge < -0.3 is 41.0 Å². The molecule has 1 aromatic rings. The molecule has 0 radical (unpaired) electrons. The van der Waals surface area contributed by atoms with Crippen LogP contribution in [0, 0.1) is 69.0 Å². The second-order valence-electron chi connectivity index (χ2n) is 23.2. The predicted molar refractivity (Wildman–Crippen MR) is 242 cm³/mol. The molecular formula is C54H74N2O7. The van der Waals surface area contributed by atoms with Gasteiger partial charge in [-0.25, -0.2) is 0 Å². The highest BCUT2D eigenvalue weighted by atomic mass is 16.6. The van der Waals surface area contributed by atoms with Gasteiger partial charge >= 0.3 is 0 Å². The lowest BCUT2D eigenvalue weighted by atomic mass is 9.36. The smallest absolute Gasteiger partial charge is 0.159 e. The summed E-state index contributed by atoms with van der Waals surface area (Å²) < 4.78 is 14.1. The van der Waals surface area contributed by atoms with Gasteiger partial charge in [0.1, 0.15) is 17.8 Å². The van der Waals surface area contributed by atoms with Crippen LogP contribution >= 0.6 is 0 Å². The number of benzene rings is 1. The summed E-state index contributed by atoms with van der Waals surface area (Å²) in [6.45, 7) is 11.8. The number of carbonyl (C=O) groups excluding carboxylic acids is 1. The van der Waals surface area contributed by atoms with Crippen molar-refractivity contribution in [1.29, 1.82) is 0 Å². The maximum Gasteiger partial charge on any atom is 0.159 e. The highest BCUT2D eigenvalue weighted by molar-refractivity contribution is 5.95. The fraction of sp³-hybridized carbons (Fsp3) is 0.722. The maximum absolute atomic E-state index is 15.0. The SMILES string of the molecule is C[C@@H]1CCO[C@]([C@H]2CC[C@@]3(O)C4=CC(=O)[C@@H]5C[C@@H](O)C[C@]67CCC[C@H]6C#CCc6ccccc6CC[C@H](C[C@]23C)[C@@H]4[C@]57C)([C@H]2O[C@@H]2[C@](C)(O)[C@](C)(CO)CCC2=CCNC(N)=C2)C1. The van der Waals surface area contributed by atoms with Crippen molar-refractivity contribution in [2.24, 2.45) is 62.9 Å². The molecule has 0 unspecified atom stereocenters. The number of carbonyl (C=O) groups is 1. The standard InChI is InChI=1S/C54H74N2O7/c1-33-20-25-62-53(29-33,47-46(63-47)51(5,60)48(2,32-57)22-17-34-19-24-56-44(55)26-34)43-18-23-54(61)41-28-42(59)40-27-39(58)31-52-21-9-14-38(52)13-8-12-35-10-6-7-11-36(35)15-16-37(30-49(43,54)3)45(41)50(40,52)4/h6-7,10-11,19,26,28,33,37-40,43,45-47,56-58,60-61H,9,12,14-18,20-25,27,29-32,55H2,1-5H3/t33-,37-,38-,39-,40+,43+,45+,46+,47+,48+,49-,50+,51+,52-,53-,54-/m1/s1. The molecule has 6 fully saturated rings. The number of allylic oxidation sites excluding steroid dienone is 3. The van der Waals surface area contributed by atoms with E-state index in [-0.39, 0.29) is 47.4 Å². The first-order valence-corrected chi connectivity index (χ1v) is 24.7. The highest BCUT2D eigenvalue weighted by Crippen LogP contribution is 2.77. The molecule has 0 bridgehead atoms. The van der Waals surface area contributed by atoms with E-state index in [1.165, 1.54) is 11.1 Å². The number of nitrogens with one attached hydrogen (secondary N) is 1. The zero-order valence-electron chi connectivity index (χ0n) is 38.6. The van der Waals surface area contributed by atoms with Crippen LogP contribution in [0.1, 0.15) is 129 Å². The van der Waals surface area contributed by atoms with Gasteiger partial charge in [0.2, 0.25) is 0 Å². The molecule has 0 amide bonds. The first-order valence-electron chi connectivity index (χ1n) is 24.7. The third kappa shape index (κ3) is 6.34. The number of ketones is 1. The number of rotatable bonds is 8. The van der Waals surface area contributed by atoms with Crippen LogP contribution in [0.3, 0.4) is 0 Å². The highest BCUT2D eigenvalue weighted by Gasteiger charge is 2.78. The van der Waals surface area contributed by atoms with E-state index in [1.54, 1.807) is 0 Å². The van der Waals surface area contributed by atoms with Crippen LogP contribution in [-0.4, -0.2) is 81.1 Å². The van der Waals surface area contributed by atoms with Crippen molar-refractivity contribution in [3.63, 3.8) is 0 Å². The summed E-state index contributed by atoms with van der Waals surface area (Å²) in [4.78, 5) is 15.0. The number of aliphatic hydroxyl groups excluding tert-OH is 2. The van der Waals surface area contributed by atoms with Crippen LogP contribution in [-0.2, 0) is 27.1 Å². The van der Waals surface area contributed by atoms with Crippen molar-refractivity contribution < 1.29 is 34.7 Å². The fourth-order valence-electron chi connectivity index (χ4n) is 16.6. The van der Waals surface area contributed by atoms with Gasteiger partial charge in [-0.1, -0.05) is 76.3 Å². The van der Waals surface area contributed by atoms with Crippen molar-refractivity contribution in [2.45, 2.75) is 166 Å². The lowest BCUT2D eigenvalue weighted by molar-refractivity contribution is -0.214. The molecule has 63 heavy (non-hydrogen) atoms. The molecule has 1 spiro atoms. The minimum atomic E-state index is -1.39. The molecule has 9 heteroatoms. The van der Waals surface area contributed by atoms with E-state index in [9.17, 15) is 25.2 Å². The van der Waals surface area contributed by atoms with Gasteiger partial charge in [-0.05, 0) is 159 Å². The Bertz CT molecular complexity index is 2170. The molecule has 0 aromatic heterocycles. The van der Waals surface area contributed by atoms with Crippen molar-refractivity contribution in [3.8, 4) is 11.8 Å². The minimum absolute atomic E-state index is 0.0307. The fourth-order valence-corrected chi connectivity index (χ4v) is 16.6. The Morgan fingerprint density at radius 3 is 2.59 bits per heavy atom. The van der Waals surface area contributed by atoms with E-state index in [2.05, 4.69) is 68.3 Å². The lowest BCUT2D eigenvalue weighted by Crippen LogP contribution is -2.68. The Hall–Kier alpha value is -2.97. The normalized spacial score (nSPS) is 45.9. The monoisotopic (exact) mass is 863 g/mol. The first-order chi connectivity index (χ1) is 30.0. The largest absolute Gasteiger partial charge is 0.396 e. The molecule has 3 heterocycles. The minimum Gasteiger partial charge on any atom is -0.396 e. The molecule has 342 valence electrons. The molecular weight excluding hydrogens is 789 g/mol. The van der Waals surface area contributed by atoms with Crippen LogP contribution in [0.25, 0.3) is 0 Å². The molecule has 2 saturated heterocycles. The summed E-state index contributed by atoms with van der Waals surface area (Å²) in [7, 11) is 0. The van der Waals surface area contributed by atoms with Gasteiger partial charge in [0.05, 0.1) is 29.7 Å². The summed E-state index contributed by atoms with van der Waals surface area (Å²) in [5.74, 6) is 8.26. The van der Waals surface area contributed by atoms with Crippen LogP contribution in [0.2, 0.25) is 0 Å². The topological polar surface area (TPSA) is 158 Å².